The molecule has 40 heavy (non-hydrogen) atoms. The van der Waals surface area contributed by atoms with Crippen LogP contribution in [0.4, 0.5) is 5.13 Å². The molecule has 0 bridgehead atoms. The summed E-state index contributed by atoms with van der Waals surface area (Å²) in [4.78, 5) is 45.8. The van der Waals surface area contributed by atoms with E-state index in [1.54, 1.807) is 66.7 Å². The Balaban J connectivity index is 1.46. The summed E-state index contributed by atoms with van der Waals surface area (Å²) >= 11 is 1.12. The fourth-order valence-corrected chi connectivity index (χ4v) is 7.42. The van der Waals surface area contributed by atoms with Gasteiger partial charge in [-0.3, -0.25) is 24.6 Å². The molecular formula is C29H28N4O5S2. The van der Waals surface area contributed by atoms with Crippen molar-refractivity contribution in [2.24, 2.45) is 0 Å². The lowest BCUT2D eigenvalue weighted by Gasteiger charge is -2.25. The highest BCUT2D eigenvalue weighted by Crippen LogP contribution is 2.34. The van der Waals surface area contributed by atoms with Crippen LogP contribution >= 0.6 is 11.3 Å². The van der Waals surface area contributed by atoms with Gasteiger partial charge < -0.3 is 0 Å². The minimum Gasteiger partial charge on any atom is -0.300 e. The van der Waals surface area contributed by atoms with Gasteiger partial charge in [0.15, 0.2) is 5.13 Å². The maximum Gasteiger partial charge on any atom is 0.262 e. The molecule has 206 valence electrons. The highest BCUT2D eigenvalue weighted by atomic mass is 32.2. The van der Waals surface area contributed by atoms with Gasteiger partial charge in [-0.05, 0) is 48.7 Å². The van der Waals surface area contributed by atoms with Crippen molar-refractivity contribution < 1.29 is 22.8 Å². The van der Waals surface area contributed by atoms with Crippen LogP contribution in [0.2, 0.25) is 0 Å². The Hall–Kier alpha value is -3.93. The molecule has 4 aromatic rings. The van der Waals surface area contributed by atoms with Crippen molar-refractivity contribution in [2.75, 3.05) is 18.4 Å². The van der Waals surface area contributed by atoms with E-state index in [0.29, 0.717) is 41.7 Å². The van der Waals surface area contributed by atoms with Gasteiger partial charge in [-0.15, -0.1) is 0 Å². The molecular weight excluding hydrogens is 548 g/mol. The second kappa shape index (κ2) is 11.3. The van der Waals surface area contributed by atoms with Gasteiger partial charge in [-0.25, -0.2) is 13.4 Å². The van der Waals surface area contributed by atoms with E-state index >= 15 is 0 Å². The van der Waals surface area contributed by atoms with Gasteiger partial charge in [0, 0.05) is 13.1 Å². The smallest absolute Gasteiger partial charge is 0.262 e. The molecule has 1 aliphatic heterocycles. The summed E-state index contributed by atoms with van der Waals surface area (Å²) in [5.41, 5.74) is 1.48. The van der Waals surface area contributed by atoms with E-state index < -0.39 is 33.8 Å². The number of carbonyl (C=O) groups is 3. The molecule has 0 saturated carbocycles. The van der Waals surface area contributed by atoms with Gasteiger partial charge in [-0.2, -0.15) is 4.31 Å². The van der Waals surface area contributed by atoms with Crippen molar-refractivity contribution in [3.8, 4) is 0 Å². The lowest BCUT2D eigenvalue weighted by Crippen LogP contribution is -2.40. The standard InChI is InChI=1S/C29H28N4O5S2/c1-3-16-32(17-4-2)40(37,38)20-14-15-23-24(18-20)39-29(30-23)31-26(34)25(19-10-6-5-7-11-19)33-27(35)21-12-8-9-13-22(21)28(33)36/h5-15,18,25H,3-4,16-17H2,1-2H3,(H,30,31,34). The molecule has 3 aromatic carbocycles. The average Bonchev–Trinajstić information content (AvgIpc) is 3.47. The maximum atomic E-state index is 13.7. The molecule has 0 spiro atoms. The summed E-state index contributed by atoms with van der Waals surface area (Å²) in [7, 11) is -3.69. The normalized spacial score (nSPS) is 14.1. The molecule has 1 atom stereocenters. The molecule has 2 heterocycles. The summed E-state index contributed by atoms with van der Waals surface area (Å²) in [6.07, 6.45) is 1.40. The zero-order valence-corrected chi connectivity index (χ0v) is 23.7. The highest BCUT2D eigenvalue weighted by Gasteiger charge is 2.43. The molecule has 1 aliphatic rings. The third kappa shape index (κ3) is 5.03. The van der Waals surface area contributed by atoms with E-state index in [4.69, 9.17) is 0 Å². The molecule has 5 rings (SSSR count). The van der Waals surface area contributed by atoms with Crippen LogP contribution < -0.4 is 5.32 Å². The predicted octanol–water partition coefficient (Wildman–Crippen LogP) is 5.08. The molecule has 9 nitrogen and oxygen atoms in total. The van der Waals surface area contributed by atoms with E-state index in [9.17, 15) is 22.8 Å². The number of nitrogens with one attached hydrogen (secondary N) is 1. The van der Waals surface area contributed by atoms with Crippen LogP contribution in [-0.4, -0.2) is 53.4 Å². The molecule has 0 fully saturated rings. The first-order valence-electron chi connectivity index (χ1n) is 13.0. The van der Waals surface area contributed by atoms with Crippen molar-refractivity contribution >= 4 is 54.4 Å². The van der Waals surface area contributed by atoms with Crippen LogP contribution in [0, 0.1) is 0 Å². The molecule has 0 aliphatic carbocycles. The zero-order valence-electron chi connectivity index (χ0n) is 22.0. The number of carbonyl (C=O) groups excluding carboxylic acids is 3. The Morgan fingerprint density at radius 3 is 2.12 bits per heavy atom. The number of hydrogen-bond donors (Lipinski definition) is 1. The maximum absolute atomic E-state index is 13.7. The highest BCUT2D eigenvalue weighted by molar-refractivity contribution is 7.89. The van der Waals surface area contributed by atoms with Crippen molar-refractivity contribution in [1.29, 1.82) is 0 Å². The molecule has 11 heteroatoms. The van der Waals surface area contributed by atoms with Gasteiger partial charge in [-0.1, -0.05) is 67.6 Å². The molecule has 0 saturated heterocycles. The molecule has 3 amide bonds. The van der Waals surface area contributed by atoms with Crippen LogP contribution in [0.25, 0.3) is 10.2 Å². The minimum atomic E-state index is -3.69. The van der Waals surface area contributed by atoms with Gasteiger partial charge in [0.25, 0.3) is 17.7 Å². The Morgan fingerprint density at radius 1 is 0.925 bits per heavy atom. The predicted molar refractivity (Wildman–Crippen MR) is 154 cm³/mol. The van der Waals surface area contributed by atoms with Gasteiger partial charge >= 0.3 is 0 Å². The number of hydrogen-bond acceptors (Lipinski definition) is 7. The first-order chi connectivity index (χ1) is 19.3. The average molecular weight is 577 g/mol. The Kier molecular flexibility index (Phi) is 7.79. The fourth-order valence-electron chi connectivity index (χ4n) is 4.79. The summed E-state index contributed by atoms with van der Waals surface area (Å²) in [6, 6.07) is 18.6. The topological polar surface area (TPSA) is 117 Å². The molecule has 1 N–H and O–H groups in total. The molecule has 1 unspecified atom stereocenters. The number of sulfonamides is 1. The van der Waals surface area contributed by atoms with E-state index in [-0.39, 0.29) is 21.2 Å². The number of amides is 3. The number of imide groups is 1. The van der Waals surface area contributed by atoms with E-state index in [0.717, 1.165) is 16.2 Å². The second-order valence-electron chi connectivity index (χ2n) is 9.38. The SMILES string of the molecule is CCCN(CCC)S(=O)(=O)c1ccc2nc(NC(=O)C(c3ccccc3)N3C(=O)c4ccccc4C3=O)sc2c1. The Morgan fingerprint density at radius 2 is 1.52 bits per heavy atom. The van der Waals surface area contributed by atoms with Crippen LogP contribution in [0.3, 0.4) is 0 Å². The number of thiazole rings is 1. The van der Waals surface area contributed by atoms with Gasteiger partial charge in [0.2, 0.25) is 10.0 Å². The van der Waals surface area contributed by atoms with E-state index in [1.807, 2.05) is 13.8 Å². The van der Waals surface area contributed by atoms with Crippen LogP contribution in [0.1, 0.15) is 59.0 Å². The van der Waals surface area contributed by atoms with Crippen molar-refractivity contribution in [3.05, 3.63) is 89.5 Å². The van der Waals surface area contributed by atoms with Gasteiger partial charge in [0.05, 0.1) is 26.2 Å². The quantitative estimate of drug-likeness (QED) is 0.263. The minimum absolute atomic E-state index is 0.164. The van der Waals surface area contributed by atoms with E-state index in [2.05, 4.69) is 10.3 Å². The largest absolute Gasteiger partial charge is 0.300 e. The zero-order chi connectivity index (χ0) is 28.4. The molecule has 1 aromatic heterocycles. The number of benzene rings is 3. The fraction of sp³-hybridized carbons (Fsp3) is 0.241. The van der Waals surface area contributed by atoms with Crippen LogP contribution in [-0.2, 0) is 14.8 Å². The third-order valence-electron chi connectivity index (χ3n) is 6.62. The van der Waals surface area contributed by atoms with Crippen LogP contribution in [0.5, 0.6) is 0 Å². The number of fused-ring (bicyclic) bond motifs is 2. The van der Waals surface area contributed by atoms with Gasteiger partial charge in [0.1, 0.15) is 6.04 Å². The second-order valence-corrected chi connectivity index (χ2v) is 12.3. The Labute approximate surface area is 236 Å². The summed E-state index contributed by atoms with van der Waals surface area (Å²) < 4.78 is 28.6. The number of rotatable bonds is 10. The number of anilines is 1. The summed E-state index contributed by atoms with van der Waals surface area (Å²) in [5, 5.41) is 2.99. The van der Waals surface area contributed by atoms with Crippen molar-refractivity contribution in [3.63, 3.8) is 0 Å². The monoisotopic (exact) mass is 576 g/mol. The molecule has 0 radical (unpaired) electrons. The Bertz CT molecular complexity index is 1660. The lowest BCUT2D eigenvalue weighted by atomic mass is 10.0. The summed E-state index contributed by atoms with van der Waals surface area (Å²) in [6.45, 7) is 4.72. The van der Waals surface area contributed by atoms with Crippen molar-refractivity contribution in [2.45, 2.75) is 37.6 Å². The summed E-state index contributed by atoms with van der Waals surface area (Å²) in [5.74, 6) is -1.70. The lowest BCUT2D eigenvalue weighted by molar-refractivity contribution is -0.120. The first-order valence-corrected chi connectivity index (χ1v) is 15.2. The third-order valence-corrected chi connectivity index (χ3v) is 9.45. The van der Waals surface area contributed by atoms with Crippen LogP contribution in [0.15, 0.2) is 77.7 Å². The number of aromatic nitrogens is 1. The first kappa shape index (κ1) is 27.6. The van der Waals surface area contributed by atoms with Crippen molar-refractivity contribution in [1.82, 2.24) is 14.2 Å². The number of nitrogens with zero attached hydrogens (tertiary/aromatic N) is 3. The van der Waals surface area contributed by atoms with E-state index in [1.165, 1.54) is 10.4 Å².